The van der Waals surface area contributed by atoms with Crippen molar-refractivity contribution in [1.82, 2.24) is 18.9 Å². The number of piperidine rings is 1. The minimum Gasteiger partial charge on any atom is -0.334 e. The Morgan fingerprint density at radius 1 is 0.946 bits per heavy atom. The van der Waals surface area contributed by atoms with E-state index in [9.17, 15) is 27.2 Å². The van der Waals surface area contributed by atoms with Crippen molar-refractivity contribution in [3.8, 4) is 0 Å². The summed E-state index contributed by atoms with van der Waals surface area (Å²) in [4.78, 5) is 29.7. The van der Waals surface area contributed by atoms with Gasteiger partial charge in [-0.1, -0.05) is 17.7 Å². The number of likely N-dealkylation sites (tertiary alicyclic amines) is 1. The van der Waals surface area contributed by atoms with Crippen molar-refractivity contribution in [3.63, 3.8) is 0 Å². The molecule has 0 aliphatic carbocycles. The van der Waals surface area contributed by atoms with E-state index in [-0.39, 0.29) is 17.5 Å². The van der Waals surface area contributed by atoms with Crippen molar-refractivity contribution < 1.29 is 22.4 Å². The van der Waals surface area contributed by atoms with Crippen LogP contribution >= 0.6 is 11.6 Å². The Bertz CT molecular complexity index is 1380. The van der Waals surface area contributed by atoms with Crippen LogP contribution in [0.15, 0.2) is 41.2 Å². The highest BCUT2D eigenvalue weighted by Crippen LogP contribution is 2.29. The van der Waals surface area contributed by atoms with Gasteiger partial charge in [-0.2, -0.15) is 13.2 Å². The highest BCUT2D eigenvalue weighted by molar-refractivity contribution is 6.31. The van der Waals surface area contributed by atoms with Crippen LogP contribution < -0.4 is 5.69 Å². The second kappa shape index (κ2) is 10.1. The van der Waals surface area contributed by atoms with Gasteiger partial charge in [-0.05, 0) is 68.1 Å². The summed E-state index contributed by atoms with van der Waals surface area (Å²) in [5, 5.41) is 0.552. The third-order valence-corrected chi connectivity index (χ3v) is 7.52. The molecule has 1 fully saturated rings. The zero-order valence-corrected chi connectivity index (χ0v) is 20.9. The van der Waals surface area contributed by atoms with Gasteiger partial charge in [0.1, 0.15) is 12.4 Å². The monoisotopic (exact) mass is 538 g/mol. The van der Waals surface area contributed by atoms with Crippen LogP contribution in [-0.4, -0.2) is 57.2 Å². The minimum atomic E-state index is -4.59. The topological polar surface area (TPSA) is 50.5 Å². The van der Waals surface area contributed by atoms with E-state index in [0.717, 1.165) is 31.0 Å². The fraction of sp³-hybridized carbons (Fsp3) is 0.462. The van der Waals surface area contributed by atoms with Crippen molar-refractivity contribution in [3.05, 3.63) is 68.8 Å². The van der Waals surface area contributed by atoms with Gasteiger partial charge in [0.25, 0.3) is 5.91 Å². The molecule has 0 bridgehead atoms. The Balaban J connectivity index is 1.16. The molecule has 0 atom stereocenters. The molecule has 37 heavy (non-hydrogen) atoms. The maximum atomic E-state index is 13.8. The lowest BCUT2D eigenvalue weighted by Gasteiger charge is -2.32. The van der Waals surface area contributed by atoms with Crippen LogP contribution in [0.1, 0.15) is 47.6 Å². The number of alkyl halides is 3. The van der Waals surface area contributed by atoms with Gasteiger partial charge in [-0.3, -0.25) is 13.9 Å². The summed E-state index contributed by atoms with van der Waals surface area (Å²) in [5.74, 6) is -0.674. The predicted molar refractivity (Wildman–Crippen MR) is 132 cm³/mol. The zero-order chi connectivity index (χ0) is 26.3. The maximum absolute atomic E-state index is 13.8. The SMILES string of the molecule is O=C1c2cc(Cl)ccc2CN1CCCCN1CCC(n2c(=O)n(CC(F)(F)F)c3cc(F)ccc32)CC1. The zero-order valence-electron chi connectivity index (χ0n) is 20.1. The number of amides is 1. The van der Waals surface area contributed by atoms with Crippen LogP contribution in [0, 0.1) is 5.82 Å². The van der Waals surface area contributed by atoms with E-state index in [0.29, 0.717) is 59.7 Å². The first-order valence-electron chi connectivity index (χ1n) is 12.4. The van der Waals surface area contributed by atoms with Crippen molar-refractivity contribution in [2.24, 2.45) is 0 Å². The quantitative estimate of drug-likeness (QED) is 0.306. The van der Waals surface area contributed by atoms with Gasteiger partial charge in [0.05, 0.1) is 11.0 Å². The average molecular weight is 539 g/mol. The van der Waals surface area contributed by atoms with E-state index in [4.69, 9.17) is 11.6 Å². The second-order valence-corrected chi connectivity index (χ2v) is 10.2. The fourth-order valence-corrected chi connectivity index (χ4v) is 5.66. The highest BCUT2D eigenvalue weighted by Gasteiger charge is 2.33. The first-order chi connectivity index (χ1) is 17.6. The number of fused-ring (bicyclic) bond motifs is 2. The number of carbonyl (C=O) groups is 1. The lowest BCUT2D eigenvalue weighted by atomic mass is 10.0. The Labute approximate surface area is 216 Å². The summed E-state index contributed by atoms with van der Waals surface area (Å²) in [5.41, 5.74) is 1.20. The summed E-state index contributed by atoms with van der Waals surface area (Å²) < 4.78 is 55.1. The molecule has 1 amide bonds. The van der Waals surface area contributed by atoms with Crippen molar-refractivity contribution in [2.45, 2.75) is 51.0 Å². The van der Waals surface area contributed by atoms with Crippen LogP contribution in [0.4, 0.5) is 17.6 Å². The number of carbonyl (C=O) groups excluding carboxylic acids is 1. The lowest BCUT2D eigenvalue weighted by Crippen LogP contribution is -2.39. The van der Waals surface area contributed by atoms with Crippen molar-refractivity contribution >= 4 is 28.5 Å². The summed E-state index contributed by atoms with van der Waals surface area (Å²) in [7, 11) is 0. The van der Waals surface area contributed by atoms with Crippen molar-refractivity contribution in [2.75, 3.05) is 26.2 Å². The van der Waals surface area contributed by atoms with Crippen LogP contribution in [0.3, 0.4) is 0 Å². The van der Waals surface area contributed by atoms with Gasteiger partial charge in [0, 0.05) is 42.8 Å². The number of rotatable bonds is 7. The molecule has 2 aliphatic rings. The molecule has 2 aromatic carbocycles. The Morgan fingerprint density at radius 3 is 2.41 bits per heavy atom. The number of hydrogen-bond acceptors (Lipinski definition) is 3. The van der Waals surface area contributed by atoms with Gasteiger partial charge in [0.2, 0.25) is 0 Å². The van der Waals surface area contributed by atoms with Gasteiger partial charge < -0.3 is 9.80 Å². The fourth-order valence-electron chi connectivity index (χ4n) is 5.49. The third-order valence-electron chi connectivity index (χ3n) is 7.29. The first-order valence-corrected chi connectivity index (χ1v) is 12.8. The smallest absolute Gasteiger partial charge is 0.334 e. The Hall–Kier alpha value is -2.85. The summed E-state index contributed by atoms with van der Waals surface area (Å²) in [6.07, 6.45) is -1.61. The van der Waals surface area contributed by atoms with E-state index < -0.39 is 24.2 Å². The molecule has 1 saturated heterocycles. The predicted octanol–water partition coefficient (Wildman–Crippen LogP) is 5.23. The molecule has 0 N–H and O–H groups in total. The molecule has 198 valence electrons. The van der Waals surface area contributed by atoms with Gasteiger partial charge >= 0.3 is 11.9 Å². The first kappa shape index (κ1) is 25.8. The van der Waals surface area contributed by atoms with E-state index >= 15 is 0 Å². The highest BCUT2D eigenvalue weighted by atomic mass is 35.5. The normalized spacial score (nSPS) is 17.2. The van der Waals surface area contributed by atoms with E-state index in [1.165, 1.54) is 16.7 Å². The van der Waals surface area contributed by atoms with E-state index in [2.05, 4.69) is 4.90 Å². The largest absolute Gasteiger partial charge is 0.406 e. The summed E-state index contributed by atoms with van der Waals surface area (Å²) in [6, 6.07) is 8.70. The molecule has 6 nitrogen and oxygen atoms in total. The summed E-state index contributed by atoms with van der Waals surface area (Å²) in [6.45, 7) is 2.05. The molecule has 3 aromatic rings. The van der Waals surface area contributed by atoms with Crippen LogP contribution in [0.2, 0.25) is 5.02 Å². The van der Waals surface area contributed by atoms with E-state index in [1.807, 2.05) is 11.0 Å². The van der Waals surface area contributed by atoms with Crippen molar-refractivity contribution in [1.29, 1.82) is 0 Å². The number of imidazole rings is 1. The van der Waals surface area contributed by atoms with Gasteiger partial charge in [-0.15, -0.1) is 0 Å². The average Bonchev–Trinajstić information content (AvgIpc) is 3.29. The Kier molecular flexibility index (Phi) is 7.06. The second-order valence-electron chi connectivity index (χ2n) is 9.80. The minimum absolute atomic E-state index is 0.00771. The molecule has 0 unspecified atom stereocenters. The number of benzene rings is 2. The standard InChI is InChI=1S/C26H27ClF4N4O2/c27-18-4-3-17-15-33(24(36)21(17)13-18)10-2-1-9-32-11-7-20(8-12-32)35-22-6-5-19(28)14-23(22)34(25(35)37)16-26(29,30)31/h3-6,13-14,20H,1-2,7-12,15-16H2. The molecule has 0 saturated carbocycles. The summed E-state index contributed by atoms with van der Waals surface area (Å²) >= 11 is 6.01. The van der Waals surface area contributed by atoms with Crippen LogP contribution in [-0.2, 0) is 13.1 Å². The number of hydrogen-bond donors (Lipinski definition) is 0. The molecule has 11 heteroatoms. The maximum Gasteiger partial charge on any atom is 0.406 e. The lowest BCUT2D eigenvalue weighted by molar-refractivity contribution is -0.140. The number of halogens is 5. The van der Waals surface area contributed by atoms with Crippen LogP contribution in [0.25, 0.3) is 11.0 Å². The molecule has 3 heterocycles. The number of unbranched alkanes of at least 4 members (excludes halogenated alkanes) is 1. The van der Waals surface area contributed by atoms with Gasteiger partial charge in [-0.25, -0.2) is 9.18 Å². The van der Waals surface area contributed by atoms with Gasteiger partial charge in [0.15, 0.2) is 0 Å². The van der Waals surface area contributed by atoms with Crippen LogP contribution in [0.5, 0.6) is 0 Å². The third kappa shape index (κ3) is 5.40. The van der Waals surface area contributed by atoms with E-state index in [1.54, 1.807) is 12.1 Å². The molecule has 2 aliphatic heterocycles. The number of aromatic nitrogens is 2. The molecular weight excluding hydrogens is 512 g/mol. The Morgan fingerprint density at radius 2 is 1.68 bits per heavy atom. The molecular formula is C26H27ClF4N4O2. The molecule has 1 aromatic heterocycles. The molecule has 0 spiro atoms. The molecule has 0 radical (unpaired) electrons. The molecule has 5 rings (SSSR count). The number of nitrogens with zero attached hydrogens (tertiary/aromatic N) is 4.